The Hall–Kier alpha value is -1.75. The van der Waals surface area contributed by atoms with Gasteiger partial charge in [0, 0.05) is 24.7 Å². The summed E-state index contributed by atoms with van der Waals surface area (Å²) in [6.07, 6.45) is 1.49. The van der Waals surface area contributed by atoms with Crippen LogP contribution in [0.1, 0.15) is 32.3 Å². The number of nitrogens with one attached hydrogen (secondary N) is 2. The predicted octanol–water partition coefficient (Wildman–Crippen LogP) is 2.10. The van der Waals surface area contributed by atoms with Crippen LogP contribution in [0.15, 0.2) is 18.2 Å². The van der Waals surface area contributed by atoms with Crippen LogP contribution in [0.3, 0.4) is 0 Å². The SMILES string of the molecule is CCCCNC(=O)C(C)Oc1cc(OC)ccc1CNC. The molecule has 0 heterocycles. The molecular weight excluding hydrogens is 268 g/mol. The standard InChI is InChI=1S/C16H26N2O3/c1-5-6-9-18-16(19)12(2)21-15-10-14(20-4)8-7-13(15)11-17-3/h7-8,10,12,17H,5-6,9,11H2,1-4H3,(H,18,19). The Bertz CT molecular complexity index is 449. The fourth-order valence-electron chi connectivity index (χ4n) is 1.88. The van der Waals surface area contributed by atoms with Gasteiger partial charge in [0.25, 0.3) is 5.91 Å². The molecule has 118 valence electrons. The van der Waals surface area contributed by atoms with Crippen molar-refractivity contribution in [2.24, 2.45) is 0 Å². The molecule has 0 bridgehead atoms. The third kappa shape index (κ3) is 5.63. The van der Waals surface area contributed by atoms with E-state index < -0.39 is 6.10 Å². The summed E-state index contributed by atoms with van der Waals surface area (Å²) in [6.45, 7) is 5.20. The molecule has 0 spiro atoms. The van der Waals surface area contributed by atoms with Gasteiger partial charge in [-0.15, -0.1) is 0 Å². The first-order valence-electron chi connectivity index (χ1n) is 7.38. The number of methoxy groups -OCH3 is 1. The van der Waals surface area contributed by atoms with Gasteiger partial charge in [0.1, 0.15) is 11.5 Å². The normalized spacial score (nSPS) is 11.8. The zero-order valence-electron chi connectivity index (χ0n) is 13.4. The van der Waals surface area contributed by atoms with E-state index in [1.54, 1.807) is 14.0 Å². The molecular formula is C16H26N2O3. The van der Waals surface area contributed by atoms with Gasteiger partial charge >= 0.3 is 0 Å². The van der Waals surface area contributed by atoms with E-state index in [2.05, 4.69) is 17.6 Å². The molecule has 1 atom stereocenters. The average molecular weight is 294 g/mol. The number of unbranched alkanes of at least 4 members (excludes halogenated alkanes) is 1. The minimum absolute atomic E-state index is 0.0957. The summed E-state index contributed by atoms with van der Waals surface area (Å²) in [5, 5.41) is 5.96. The Kier molecular flexibility index (Phi) is 7.61. The topological polar surface area (TPSA) is 59.6 Å². The van der Waals surface area contributed by atoms with Crippen LogP contribution in [-0.2, 0) is 11.3 Å². The van der Waals surface area contributed by atoms with Crippen LogP contribution in [0.5, 0.6) is 11.5 Å². The first kappa shape index (κ1) is 17.3. The number of rotatable bonds is 9. The zero-order chi connectivity index (χ0) is 15.7. The van der Waals surface area contributed by atoms with Gasteiger partial charge in [-0.1, -0.05) is 19.4 Å². The molecule has 0 radical (unpaired) electrons. The van der Waals surface area contributed by atoms with Gasteiger partial charge in [0.2, 0.25) is 0 Å². The molecule has 1 aromatic rings. The van der Waals surface area contributed by atoms with Crippen molar-refractivity contribution >= 4 is 5.91 Å². The molecule has 0 saturated heterocycles. The summed E-state index contributed by atoms with van der Waals surface area (Å²) in [7, 11) is 3.48. The number of carbonyl (C=O) groups excluding carboxylic acids is 1. The minimum Gasteiger partial charge on any atom is -0.497 e. The zero-order valence-corrected chi connectivity index (χ0v) is 13.4. The van der Waals surface area contributed by atoms with Crippen molar-refractivity contribution in [3.8, 4) is 11.5 Å². The molecule has 0 aliphatic rings. The van der Waals surface area contributed by atoms with E-state index in [0.717, 1.165) is 18.4 Å². The van der Waals surface area contributed by atoms with Gasteiger partial charge in [-0.25, -0.2) is 0 Å². The second kappa shape index (κ2) is 9.23. The van der Waals surface area contributed by atoms with Crippen molar-refractivity contribution in [3.05, 3.63) is 23.8 Å². The molecule has 1 unspecified atom stereocenters. The number of carbonyl (C=O) groups is 1. The van der Waals surface area contributed by atoms with Crippen molar-refractivity contribution in [2.45, 2.75) is 39.3 Å². The van der Waals surface area contributed by atoms with Crippen LogP contribution in [0, 0.1) is 0 Å². The maximum Gasteiger partial charge on any atom is 0.260 e. The summed E-state index contributed by atoms with van der Waals surface area (Å²) in [5.74, 6) is 1.28. The van der Waals surface area contributed by atoms with Crippen LogP contribution in [0.2, 0.25) is 0 Å². The van der Waals surface area contributed by atoms with Gasteiger partial charge < -0.3 is 20.1 Å². The maximum atomic E-state index is 12.0. The van der Waals surface area contributed by atoms with Crippen molar-refractivity contribution < 1.29 is 14.3 Å². The quantitative estimate of drug-likeness (QED) is 0.685. The van der Waals surface area contributed by atoms with Gasteiger partial charge in [0.05, 0.1) is 7.11 Å². The van der Waals surface area contributed by atoms with E-state index in [4.69, 9.17) is 9.47 Å². The highest BCUT2D eigenvalue weighted by molar-refractivity contribution is 5.80. The molecule has 0 saturated carbocycles. The molecule has 2 N–H and O–H groups in total. The van der Waals surface area contributed by atoms with Gasteiger partial charge in [-0.2, -0.15) is 0 Å². The second-order valence-corrected chi connectivity index (χ2v) is 4.91. The highest BCUT2D eigenvalue weighted by Crippen LogP contribution is 2.25. The third-order valence-corrected chi connectivity index (χ3v) is 3.14. The molecule has 5 heteroatoms. The van der Waals surface area contributed by atoms with Gasteiger partial charge in [-0.3, -0.25) is 4.79 Å². The smallest absolute Gasteiger partial charge is 0.260 e. The summed E-state index contributed by atoms with van der Waals surface area (Å²) in [5.41, 5.74) is 0.992. The lowest BCUT2D eigenvalue weighted by Crippen LogP contribution is -2.37. The second-order valence-electron chi connectivity index (χ2n) is 4.91. The van der Waals surface area contributed by atoms with E-state index in [-0.39, 0.29) is 5.91 Å². The largest absolute Gasteiger partial charge is 0.497 e. The van der Waals surface area contributed by atoms with Gasteiger partial charge in [-0.05, 0) is 26.5 Å². The van der Waals surface area contributed by atoms with Gasteiger partial charge in [0.15, 0.2) is 6.10 Å². The number of amides is 1. The Labute approximate surface area is 127 Å². The monoisotopic (exact) mass is 294 g/mol. The lowest BCUT2D eigenvalue weighted by atomic mass is 10.2. The number of benzene rings is 1. The Morgan fingerprint density at radius 1 is 1.38 bits per heavy atom. The summed E-state index contributed by atoms with van der Waals surface area (Å²) in [4.78, 5) is 12.0. The summed E-state index contributed by atoms with van der Waals surface area (Å²) >= 11 is 0. The first-order valence-corrected chi connectivity index (χ1v) is 7.38. The predicted molar refractivity (Wildman–Crippen MR) is 83.8 cm³/mol. The minimum atomic E-state index is -0.537. The van der Waals surface area contributed by atoms with Crippen molar-refractivity contribution in [1.29, 1.82) is 0 Å². The highest BCUT2D eigenvalue weighted by Gasteiger charge is 2.16. The fourth-order valence-corrected chi connectivity index (χ4v) is 1.88. The molecule has 1 amide bonds. The molecule has 0 aliphatic heterocycles. The van der Waals surface area contributed by atoms with Crippen molar-refractivity contribution in [3.63, 3.8) is 0 Å². The number of hydrogen-bond donors (Lipinski definition) is 2. The van der Waals surface area contributed by atoms with Crippen LogP contribution < -0.4 is 20.1 Å². The third-order valence-electron chi connectivity index (χ3n) is 3.14. The average Bonchev–Trinajstić information content (AvgIpc) is 2.49. The Morgan fingerprint density at radius 3 is 2.76 bits per heavy atom. The highest BCUT2D eigenvalue weighted by atomic mass is 16.5. The van der Waals surface area contributed by atoms with Crippen molar-refractivity contribution in [2.75, 3.05) is 20.7 Å². The molecule has 1 rings (SSSR count). The molecule has 5 nitrogen and oxygen atoms in total. The molecule has 0 fully saturated rings. The van der Waals surface area contributed by atoms with Crippen LogP contribution in [0.4, 0.5) is 0 Å². The molecule has 21 heavy (non-hydrogen) atoms. The summed E-state index contributed by atoms with van der Waals surface area (Å²) in [6, 6.07) is 5.63. The summed E-state index contributed by atoms with van der Waals surface area (Å²) < 4.78 is 11.0. The van der Waals surface area contributed by atoms with E-state index in [0.29, 0.717) is 24.6 Å². The first-order chi connectivity index (χ1) is 10.1. The number of ether oxygens (including phenoxy) is 2. The van der Waals surface area contributed by atoms with Crippen LogP contribution in [0.25, 0.3) is 0 Å². The van der Waals surface area contributed by atoms with Crippen molar-refractivity contribution in [1.82, 2.24) is 10.6 Å². The lowest BCUT2D eigenvalue weighted by molar-refractivity contribution is -0.127. The molecule has 0 aliphatic carbocycles. The lowest BCUT2D eigenvalue weighted by Gasteiger charge is -2.18. The van der Waals surface area contributed by atoms with E-state index >= 15 is 0 Å². The molecule has 1 aromatic carbocycles. The van der Waals surface area contributed by atoms with Crippen LogP contribution in [-0.4, -0.2) is 32.7 Å². The van der Waals surface area contributed by atoms with E-state index in [9.17, 15) is 4.79 Å². The van der Waals surface area contributed by atoms with Crippen LogP contribution >= 0.6 is 0 Å². The maximum absolute atomic E-state index is 12.0. The number of hydrogen-bond acceptors (Lipinski definition) is 4. The molecule has 0 aromatic heterocycles. The van der Waals surface area contributed by atoms with E-state index in [1.165, 1.54) is 0 Å². The Morgan fingerprint density at radius 2 is 2.14 bits per heavy atom. The Balaban J connectivity index is 2.72. The fraction of sp³-hybridized carbons (Fsp3) is 0.562. The van der Waals surface area contributed by atoms with E-state index in [1.807, 2.05) is 25.2 Å².